The third-order valence-electron chi connectivity index (χ3n) is 6.50. The Morgan fingerprint density at radius 1 is 1.02 bits per heavy atom. The molecule has 3 atom stereocenters. The highest BCUT2D eigenvalue weighted by Crippen LogP contribution is 2.38. The molecule has 5 rings (SSSR count). The molecule has 2 aromatic heterocycles. The fourth-order valence-corrected chi connectivity index (χ4v) is 5.06. The number of benzene rings is 2. The molecule has 12 heteroatoms. The summed E-state index contributed by atoms with van der Waals surface area (Å²) in [6.07, 6.45) is -2.11. The Morgan fingerprint density at radius 3 is 2.24 bits per heavy atom. The van der Waals surface area contributed by atoms with Gasteiger partial charge in [-0.25, -0.2) is 14.3 Å². The first-order valence-electron chi connectivity index (χ1n) is 13.1. The Balaban J connectivity index is 1.41. The summed E-state index contributed by atoms with van der Waals surface area (Å²) in [5, 5.41) is 5.10. The fraction of sp³-hybridized carbons (Fsp3) is 0.345. The molecule has 0 unspecified atom stereocenters. The average molecular weight is 624 g/mol. The van der Waals surface area contributed by atoms with Crippen molar-refractivity contribution in [1.82, 2.24) is 19.7 Å². The zero-order chi connectivity index (χ0) is 29.3. The van der Waals surface area contributed by atoms with Crippen molar-refractivity contribution in [3.63, 3.8) is 0 Å². The van der Waals surface area contributed by atoms with Gasteiger partial charge >= 0.3 is 11.9 Å². The molecule has 0 saturated carbocycles. The normalized spacial score (nSPS) is 18.5. The number of ether oxygens (including phenoxy) is 4. The van der Waals surface area contributed by atoms with Crippen LogP contribution in [0.5, 0.6) is 5.88 Å². The highest BCUT2D eigenvalue weighted by atomic mass is 79.9. The summed E-state index contributed by atoms with van der Waals surface area (Å²) in [5.41, 5.74) is 9.07. The maximum atomic E-state index is 13.0. The number of hydrogen-bond donors (Lipinski definition) is 1. The minimum Gasteiger partial charge on any atom is -0.474 e. The molecule has 1 aliphatic heterocycles. The number of aryl methyl sites for hydroxylation is 2. The largest absolute Gasteiger partial charge is 0.474 e. The minimum absolute atomic E-state index is 0.0171. The van der Waals surface area contributed by atoms with E-state index >= 15 is 0 Å². The van der Waals surface area contributed by atoms with E-state index in [0.29, 0.717) is 26.8 Å². The first kappa shape index (κ1) is 28.5. The van der Waals surface area contributed by atoms with E-state index in [1.807, 2.05) is 52.0 Å². The highest BCUT2D eigenvalue weighted by molar-refractivity contribution is 9.10. The van der Waals surface area contributed by atoms with Gasteiger partial charge in [0.15, 0.2) is 11.9 Å². The van der Waals surface area contributed by atoms with Gasteiger partial charge in [-0.05, 0) is 67.9 Å². The van der Waals surface area contributed by atoms with Gasteiger partial charge in [-0.1, -0.05) is 35.4 Å². The predicted molar refractivity (Wildman–Crippen MR) is 154 cm³/mol. The van der Waals surface area contributed by atoms with Crippen molar-refractivity contribution >= 4 is 44.9 Å². The summed E-state index contributed by atoms with van der Waals surface area (Å²) in [5.74, 6) is -0.717. The van der Waals surface area contributed by atoms with Crippen LogP contribution >= 0.6 is 15.9 Å². The van der Waals surface area contributed by atoms with Crippen LogP contribution < -0.4 is 10.5 Å². The SMILES string of the molecule is Cc1ccc(C(=O)OC[C@H]2O[C@@H](n3nc4nc(N)nc(OC(C)C)c4c3Br)C[C@@H]2OC(=O)c2ccc(C)cc2)cc1. The number of aromatic nitrogens is 4. The molecule has 1 aliphatic rings. The molecule has 214 valence electrons. The zero-order valence-electron chi connectivity index (χ0n) is 23.0. The van der Waals surface area contributed by atoms with Crippen molar-refractivity contribution < 1.29 is 28.5 Å². The molecule has 2 N–H and O–H groups in total. The highest BCUT2D eigenvalue weighted by Gasteiger charge is 2.41. The Kier molecular flexibility index (Phi) is 8.22. The van der Waals surface area contributed by atoms with Crippen molar-refractivity contribution in [3.05, 3.63) is 75.4 Å². The topological polar surface area (TPSA) is 141 Å². The van der Waals surface area contributed by atoms with Crippen LogP contribution in [0.25, 0.3) is 11.0 Å². The lowest BCUT2D eigenvalue weighted by molar-refractivity contribution is -0.0604. The Bertz CT molecular complexity index is 1570. The van der Waals surface area contributed by atoms with E-state index < -0.39 is 30.4 Å². The molecular formula is C29H30BrN5O6. The molecule has 3 heterocycles. The summed E-state index contributed by atoms with van der Waals surface area (Å²) in [6.45, 7) is 7.48. The number of nitrogen functional groups attached to an aromatic ring is 1. The van der Waals surface area contributed by atoms with Crippen LogP contribution in [0.3, 0.4) is 0 Å². The third kappa shape index (κ3) is 6.33. The molecule has 1 saturated heterocycles. The zero-order valence-corrected chi connectivity index (χ0v) is 24.6. The van der Waals surface area contributed by atoms with E-state index in [1.165, 1.54) is 0 Å². The number of carbonyl (C=O) groups is 2. The molecule has 0 bridgehead atoms. The van der Waals surface area contributed by atoms with Crippen molar-refractivity contribution in [3.8, 4) is 5.88 Å². The van der Waals surface area contributed by atoms with Gasteiger partial charge in [-0.2, -0.15) is 9.97 Å². The van der Waals surface area contributed by atoms with E-state index in [9.17, 15) is 9.59 Å². The number of halogens is 1. The van der Waals surface area contributed by atoms with Crippen molar-refractivity contribution in [2.45, 2.75) is 58.7 Å². The van der Waals surface area contributed by atoms with Crippen molar-refractivity contribution in [1.29, 1.82) is 0 Å². The Hall–Kier alpha value is -4.03. The van der Waals surface area contributed by atoms with Gasteiger partial charge in [-0.15, -0.1) is 5.10 Å². The molecule has 0 aliphatic carbocycles. The first-order chi connectivity index (χ1) is 19.6. The van der Waals surface area contributed by atoms with E-state index in [2.05, 4.69) is 31.0 Å². The van der Waals surface area contributed by atoms with E-state index in [1.54, 1.807) is 28.9 Å². The number of carbonyl (C=O) groups excluding carboxylic acids is 2. The first-order valence-corrected chi connectivity index (χ1v) is 13.9. The van der Waals surface area contributed by atoms with Crippen LogP contribution in [0.2, 0.25) is 0 Å². The molecule has 0 amide bonds. The summed E-state index contributed by atoms with van der Waals surface area (Å²) in [4.78, 5) is 34.2. The van der Waals surface area contributed by atoms with Gasteiger partial charge in [0, 0.05) is 6.42 Å². The van der Waals surface area contributed by atoms with Crippen LogP contribution in [-0.2, 0) is 14.2 Å². The van der Waals surface area contributed by atoms with Crippen LogP contribution in [0.4, 0.5) is 5.95 Å². The third-order valence-corrected chi connectivity index (χ3v) is 7.26. The second-order valence-corrected chi connectivity index (χ2v) is 10.9. The lowest BCUT2D eigenvalue weighted by atomic mass is 10.1. The number of rotatable bonds is 8. The summed E-state index contributed by atoms with van der Waals surface area (Å²) >= 11 is 3.59. The summed E-state index contributed by atoms with van der Waals surface area (Å²) < 4.78 is 25.7. The molecule has 0 radical (unpaired) electrons. The molecule has 1 fully saturated rings. The van der Waals surface area contributed by atoms with Gasteiger partial charge in [0.2, 0.25) is 11.8 Å². The van der Waals surface area contributed by atoms with E-state index in [4.69, 9.17) is 24.7 Å². The van der Waals surface area contributed by atoms with Gasteiger partial charge in [-0.3, -0.25) is 0 Å². The fourth-order valence-electron chi connectivity index (χ4n) is 4.41. The smallest absolute Gasteiger partial charge is 0.338 e. The molecule has 41 heavy (non-hydrogen) atoms. The van der Waals surface area contributed by atoms with Crippen LogP contribution in [0, 0.1) is 13.8 Å². The number of hydrogen-bond acceptors (Lipinski definition) is 10. The van der Waals surface area contributed by atoms with Crippen LogP contribution in [0.15, 0.2) is 53.1 Å². The molecule has 11 nitrogen and oxygen atoms in total. The number of nitrogens with zero attached hydrogens (tertiary/aromatic N) is 4. The number of fused-ring (bicyclic) bond motifs is 1. The molecular weight excluding hydrogens is 594 g/mol. The minimum atomic E-state index is -0.759. The second-order valence-electron chi connectivity index (χ2n) is 10.1. The van der Waals surface area contributed by atoms with E-state index in [0.717, 1.165) is 11.1 Å². The van der Waals surface area contributed by atoms with Crippen molar-refractivity contribution in [2.24, 2.45) is 0 Å². The molecule has 0 spiro atoms. The van der Waals surface area contributed by atoms with Gasteiger partial charge < -0.3 is 24.7 Å². The lowest BCUT2D eigenvalue weighted by Gasteiger charge is -2.19. The van der Waals surface area contributed by atoms with Crippen LogP contribution in [0.1, 0.15) is 58.3 Å². The standard InChI is InChI=1S/C29H30BrN5O6/c1-15(2)39-26-23-24(30)35(34-25(23)32-29(31)33-26)22-13-20(41-28(37)19-11-7-17(4)8-12-19)21(40-22)14-38-27(36)18-9-5-16(3)6-10-18/h5-12,15,20-22H,13-14H2,1-4H3,(H2,31,32,34)/t20-,21+,22+/m0/s1. The number of nitrogens with two attached hydrogens (primary N) is 1. The number of esters is 2. The monoisotopic (exact) mass is 623 g/mol. The maximum Gasteiger partial charge on any atom is 0.338 e. The Labute approximate surface area is 245 Å². The summed E-state index contributed by atoms with van der Waals surface area (Å²) in [6, 6.07) is 14.1. The summed E-state index contributed by atoms with van der Waals surface area (Å²) in [7, 11) is 0. The maximum absolute atomic E-state index is 13.0. The van der Waals surface area contributed by atoms with Gasteiger partial charge in [0.05, 0.1) is 17.2 Å². The number of anilines is 1. The predicted octanol–water partition coefficient (Wildman–Crippen LogP) is 4.95. The lowest BCUT2D eigenvalue weighted by Crippen LogP contribution is -2.32. The van der Waals surface area contributed by atoms with E-state index in [-0.39, 0.29) is 31.0 Å². The van der Waals surface area contributed by atoms with Crippen LogP contribution in [-0.4, -0.2) is 56.6 Å². The quantitative estimate of drug-likeness (QED) is 0.268. The van der Waals surface area contributed by atoms with Gasteiger partial charge in [0.1, 0.15) is 28.8 Å². The molecule has 2 aromatic carbocycles. The molecule has 4 aromatic rings. The average Bonchev–Trinajstić information content (AvgIpc) is 3.47. The Morgan fingerprint density at radius 2 is 1.63 bits per heavy atom. The van der Waals surface area contributed by atoms with Gasteiger partial charge in [0.25, 0.3) is 0 Å². The second kappa shape index (κ2) is 11.8. The van der Waals surface area contributed by atoms with Crippen molar-refractivity contribution in [2.75, 3.05) is 12.3 Å².